The number of nitrogens with two attached hydrogens (primary N) is 1. The third-order valence-corrected chi connectivity index (χ3v) is 2.03. The van der Waals surface area contributed by atoms with E-state index < -0.39 is 0 Å². The molecule has 0 spiro atoms. The second-order valence-electron chi connectivity index (χ2n) is 3.07. The van der Waals surface area contributed by atoms with Crippen LogP contribution < -0.4 is 5.73 Å². The molecule has 0 bridgehead atoms. The Bertz CT molecular complexity index is 281. The van der Waals surface area contributed by atoms with Gasteiger partial charge in [-0.05, 0) is 49.6 Å². The summed E-state index contributed by atoms with van der Waals surface area (Å²) in [7, 11) is 0. The highest BCUT2D eigenvalue weighted by Crippen LogP contribution is 2.14. The molecule has 0 aliphatic rings. The maximum Gasteiger partial charge on any atom is 0.126 e. The van der Waals surface area contributed by atoms with Crippen LogP contribution >= 0.6 is 0 Å². The first-order chi connectivity index (χ1) is 5.65. The summed E-state index contributed by atoms with van der Waals surface area (Å²) in [6.07, 6.45) is 0.826. The maximum absolute atomic E-state index is 13.0. The smallest absolute Gasteiger partial charge is 0.126 e. The van der Waals surface area contributed by atoms with Gasteiger partial charge in [0.2, 0.25) is 0 Å². The van der Waals surface area contributed by atoms with Crippen molar-refractivity contribution in [2.24, 2.45) is 5.73 Å². The minimum Gasteiger partial charge on any atom is -0.330 e. The SMILES string of the molecule is Cc1cc(CCN)c(C)cc1F. The summed E-state index contributed by atoms with van der Waals surface area (Å²) in [5.74, 6) is -0.131. The molecule has 0 aromatic heterocycles. The minimum atomic E-state index is -0.131. The average Bonchev–Trinajstić information content (AvgIpc) is 2.01. The fourth-order valence-corrected chi connectivity index (χ4v) is 1.27. The van der Waals surface area contributed by atoms with Gasteiger partial charge in [-0.3, -0.25) is 0 Å². The third-order valence-electron chi connectivity index (χ3n) is 2.03. The summed E-state index contributed by atoms with van der Waals surface area (Å²) in [6, 6.07) is 3.44. The molecule has 0 saturated heterocycles. The monoisotopic (exact) mass is 167 g/mol. The van der Waals surface area contributed by atoms with Crippen LogP contribution in [0.1, 0.15) is 16.7 Å². The van der Waals surface area contributed by atoms with E-state index in [0.29, 0.717) is 12.1 Å². The van der Waals surface area contributed by atoms with Crippen molar-refractivity contribution in [1.29, 1.82) is 0 Å². The van der Waals surface area contributed by atoms with Gasteiger partial charge in [0.05, 0.1) is 0 Å². The molecule has 1 nitrogen and oxygen atoms in total. The highest BCUT2D eigenvalue weighted by molar-refractivity contribution is 5.31. The van der Waals surface area contributed by atoms with Gasteiger partial charge in [-0.2, -0.15) is 0 Å². The van der Waals surface area contributed by atoms with Crippen molar-refractivity contribution in [2.75, 3.05) is 6.54 Å². The molecule has 0 saturated carbocycles. The summed E-state index contributed by atoms with van der Waals surface area (Å²) in [5.41, 5.74) is 8.26. The molecule has 0 unspecified atom stereocenters. The quantitative estimate of drug-likeness (QED) is 0.715. The van der Waals surface area contributed by atoms with Crippen LogP contribution in [0.15, 0.2) is 12.1 Å². The van der Waals surface area contributed by atoms with Crippen molar-refractivity contribution in [3.8, 4) is 0 Å². The zero-order valence-electron chi connectivity index (χ0n) is 7.52. The normalized spacial score (nSPS) is 10.3. The Balaban J connectivity index is 3.05. The van der Waals surface area contributed by atoms with E-state index in [1.54, 1.807) is 13.0 Å². The van der Waals surface area contributed by atoms with Crippen LogP contribution in [0.3, 0.4) is 0 Å². The second-order valence-corrected chi connectivity index (χ2v) is 3.07. The van der Waals surface area contributed by atoms with Crippen LogP contribution in [0.25, 0.3) is 0 Å². The van der Waals surface area contributed by atoms with Crippen molar-refractivity contribution in [1.82, 2.24) is 0 Å². The molecule has 0 amide bonds. The molecular formula is C10H14FN. The predicted octanol–water partition coefficient (Wildman–Crippen LogP) is 1.94. The summed E-state index contributed by atoms with van der Waals surface area (Å²) in [5, 5.41) is 0. The molecule has 2 N–H and O–H groups in total. The zero-order valence-corrected chi connectivity index (χ0v) is 7.52. The molecule has 1 aromatic rings. The number of aryl methyl sites for hydroxylation is 2. The summed E-state index contributed by atoms with van der Waals surface area (Å²) in [6.45, 7) is 4.30. The molecule has 0 aliphatic heterocycles. The maximum atomic E-state index is 13.0. The van der Waals surface area contributed by atoms with Crippen molar-refractivity contribution < 1.29 is 4.39 Å². The van der Waals surface area contributed by atoms with Crippen molar-refractivity contribution in [2.45, 2.75) is 20.3 Å². The van der Waals surface area contributed by atoms with Crippen molar-refractivity contribution >= 4 is 0 Å². The van der Waals surface area contributed by atoms with Crippen LogP contribution in [-0.2, 0) is 6.42 Å². The first-order valence-electron chi connectivity index (χ1n) is 4.11. The molecule has 0 aliphatic carbocycles. The minimum absolute atomic E-state index is 0.131. The van der Waals surface area contributed by atoms with Gasteiger partial charge in [0.25, 0.3) is 0 Å². The first kappa shape index (κ1) is 9.20. The number of halogens is 1. The molecule has 1 rings (SSSR count). The fraction of sp³-hybridized carbons (Fsp3) is 0.400. The van der Waals surface area contributed by atoms with E-state index in [0.717, 1.165) is 17.5 Å². The Morgan fingerprint density at radius 2 is 1.92 bits per heavy atom. The van der Waals surface area contributed by atoms with Gasteiger partial charge in [0.15, 0.2) is 0 Å². The van der Waals surface area contributed by atoms with Crippen LogP contribution in [0.4, 0.5) is 4.39 Å². The van der Waals surface area contributed by atoms with Crippen molar-refractivity contribution in [3.05, 3.63) is 34.6 Å². The highest BCUT2D eigenvalue weighted by Gasteiger charge is 2.02. The third kappa shape index (κ3) is 1.83. The van der Waals surface area contributed by atoms with E-state index in [4.69, 9.17) is 5.73 Å². The molecule has 0 atom stereocenters. The zero-order chi connectivity index (χ0) is 9.14. The van der Waals surface area contributed by atoms with E-state index in [1.807, 2.05) is 13.0 Å². The molecular weight excluding hydrogens is 153 g/mol. The van der Waals surface area contributed by atoms with Crippen LogP contribution in [0, 0.1) is 19.7 Å². The number of hydrogen-bond donors (Lipinski definition) is 1. The van der Waals surface area contributed by atoms with Gasteiger partial charge in [0.1, 0.15) is 5.82 Å². The molecule has 0 radical (unpaired) electrons. The summed E-state index contributed by atoms with van der Waals surface area (Å²) >= 11 is 0. The highest BCUT2D eigenvalue weighted by atomic mass is 19.1. The molecule has 0 fully saturated rings. The van der Waals surface area contributed by atoms with E-state index in [-0.39, 0.29) is 5.82 Å². The van der Waals surface area contributed by atoms with Gasteiger partial charge in [0, 0.05) is 0 Å². The Morgan fingerprint density at radius 1 is 1.25 bits per heavy atom. The van der Waals surface area contributed by atoms with Crippen LogP contribution in [0.2, 0.25) is 0 Å². The molecule has 12 heavy (non-hydrogen) atoms. The standard InChI is InChI=1S/C10H14FN/c1-7-6-10(11)8(2)5-9(7)3-4-12/h5-6H,3-4,12H2,1-2H3. The molecule has 66 valence electrons. The fourth-order valence-electron chi connectivity index (χ4n) is 1.27. The molecule has 2 heteroatoms. The average molecular weight is 167 g/mol. The van der Waals surface area contributed by atoms with Crippen LogP contribution in [-0.4, -0.2) is 6.54 Å². The Hall–Kier alpha value is -0.890. The Morgan fingerprint density at radius 3 is 2.50 bits per heavy atom. The lowest BCUT2D eigenvalue weighted by atomic mass is 10.0. The van der Waals surface area contributed by atoms with E-state index >= 15 is 0 Å². The number of rotatable bonds is 2. The summed E-state index contributed by atoms with van der Waals surface area (Å²) < 4.78 is 13.0. The number of benzene rings is 1. The topological polar surface area (TPSA) is 26.0 Å². The first-order valence-corrected chi connectivity index (χ1v) is 4.11. The largest absolute Gasteiger partial charge is 0.330 e. The predicted molar refractivity (Wildman–Crippen MR) is 48.6 cm³/mol. The Kier molecular flexibility index (Phi) is 2.82. The van der Waals surface area contributed by atoms with E-state index in [9.17, 15) is 4.39 Å². The summed E-state index contributed by atoms with van der Waals surface area (Å²) in [4.78, 5) is 0. The van der Waals surface area contributed by atoms with Gasteiger partial charge in [-0.1, -0.05) is 6.07 Å². The molecule has 1 aromatic carbocycles. The number of hydrogen-bond acceptors (Lipinski definition) is 1. The van der Waals surface area contributed by atoms with Gasteiger partial charge in [-0.15, -0.1) is 0 Å². The lowest BCUT2D eigenvalue weighted by molar-refractivity contribution is 0.616. The Labute approximate surface area is 72.4 Å². The molecule has 0 heterocycles. The van der Waals surface area contributed by atoms with E-state index in [2.05, 4.69) is 0 Å². The van der Waals surface area contributed by atoms with Gasteiger partial charge in [-0.25, -0.2) is 4.39 Å². The van der Waals surface area contributed by atoms with Crippen molar-refractivity contribution in [3.63, 3.8) is 0 Å². The van der Waals surface area contributed by atoms with Crippen LogP contribution in [0.5, 0.6) is 0 Å². The van der Waals surface area contributed by atoms with Gasteiger partial charge >= 0.3 is 0 Å². The van der Waals surface area contributed by atoms with Gasteiger partial charge < -0.3 is 5.73 Å². The van der Waals surface area contributed by atoms with E-state index in [1.165, 1.54) is 0 Å². The second kappa shape index (κ2) is 3.68. The lowest BCUT2D eigenvalue weighted by Crippen LogP contribution is -2.04. The lowest BCUT2D eigenvalue weighted by Gasteiger charge is -2.06.